The van der Waals surface area contributed by atoms with E-state index in [0.29, 0.717) is 19.3 Å². The molecule has 1 rings (SSSR count). The van der Waals surface area contributed by atoms with Gasteiger partial charge in [0, 0.05) is 0 Å². The molecular weight excluding hydrogens is 243 g/mol. The van der Waals surface area contributed by atoms with Gasteiger partial charge in [0.05, 0.1) is 11.9 Å². The van der Waals surface area contributed by atoms with E-state index in [0.717, 1.165) is 6.07 Å². The van der Waals surface area contributed by atoms with Crippen LogP contribution in [0.4, 0.5) is 4.39 Å². The maximum absolute atomic E-state index is 13.3. The topological polar surface area (TPSA) is 54.4 Å². The Hall–Kier alpha value is -0.940. The zero-order valence-corrected chi connectivity index (χ0v) is 10.6. The fourth-order valence-corrected chi connectivity index (χ4v) is 2.94. The van der Waals surface area contributed by atoms with E-state index in [2.05, 4.69) is 0 Å². The van der Waals surface area contributed by atoms with Crippen molar-refractivity contribution in [3.05, 3.63) is 30.1 Å². The Labute approximate surface area is 101 Å². The number of hydrogen-bond acceptors (Lipinski definition) is 3. The molecule has 1 atom stereocenters. The molecule has 0 aromatic heterocycles. The molecule has 0 heterocycles. The normalized spacial score (nSPS) is 13.6. The number of aliphatic hydroxyl groups is 1. The molecule has 1 aromatic rings. The second-order valence-electron chi connectivity index (χ2n) is 3.95. The molecule has 0 aliphatic heterocycles. The molecule has 96 valence electrons. The predicted molar refractivity (Wildman–Crippen MR) is 64.0 cm³/mol. The first kappa shape index (κ1) is 14.1. The SMILES string of the molecule is CCC(O)CCCS(=O)(=O)c1ccccc1F. The number of hydrogen-bond donors (Lipinski definition) is 1. The minimum Gasteiger partial charge on any atom is -0.393 e. The summed E-state index contributed by atoms with van der Waals surface area (Å²) in [5.74, 6) is -0.853. The fourth-order valence-electron chi connectivity index (χ4n) is 1.52. The van der Waals surface area contributed by atoms with Crippen LogP contribution in [-0.4, -0.2) is 25.4 Å². The van der Waals surface area contributed by atoms with Gasteiger partial charge in [-0.15, -0.1) is 0 Å². The second kappa shape index (κ2) is 6.12. The molecule has 3 nitrogen and oxygen atoms in total. The standard InChI is InChI=1S/C12H17FO3S/c1-2-10(14)6-5-9-17(15,16)12-8-4-3-7-11(12)13/h3-4,7-8,10,14H,2,5-6,9H2,1H3. The minimum atomic E-state index is -3.58. The van der Waals surface area contributed by atoms with Crippen molar-refractivity contribution in [3.8, 4) is 0 Å². The molecule has 17 heavy (non-hydrogen) atoms. The molecular formula is C12H17FO3S. The van der Waals surface area contributed by atoms with Crippen molar-refractivity contribution in [2.75, 3.05) is 5.75 Å². The minimum absolute atomic E-state index is 0.134. The lowest BCUT2D eigenvalue weighted by molar-refractivity contribution is 0.159. The van der Waals surface area contributed by atoms with Crippen LogP contribution in [0.5, 0.6) is 0 Å². The van der Waals surface area contributed by atoms with Gasteiger partial charge in [0.2, 0.25) is 0 Å². The molecule has 0 radical (unpaired) electrons. The Morgan fingerprint density at radius 1 is 1.35 bits per heavy atom. The number of halogens is 1. The third kappa shape index (κ3) is 4.09. The van der Waals surface area contributed by atoms with Gasteiger partial charge in [0.1, 0.15) is 10.7 Å². The molecule has 0 bridgehead atoms. The van der Waals surface area contributed by atoms with E-state index >= 15 is 0 Å². The van der Waals surface area contributed by atoms with Gasteiger partial charge >= 0.3 is 0 Å². The van der Waals surface area contributed by atoms with E-state index in [1.165, 1.54) is 18.2 Å². The fraction of sp³-hybridized carbons (Fsp3) is 0.500. The van der Waals surface area contributed by atoms with Crippen molar-refractivity contribution in [3.63, 3.8) is 0 Å². The van der Waals surface area contributed by atoms with Crippen LogP contribution in [0.1, 0.15) is 26.2 Å². The molecule has 0 saturated carbocycles. The Kier molecular flexibility index (Phi) is 5.08. The summed E-state index contributed by atoms with van der Waals surface area (Å²) >= 11 is 0. The van der Waals surface area contributed by atoms with Crippen LogP contribution in [-0.2, 0) is 9.84 Å². The Bertz CT molecular complexity index is 457. The molecule has 0 aliphatic carbocycles. The molecule has 0 aliphatic rings. The lowest BCUT2D eigenvalue weighted by Crippen LogP contribution is -2.12. The van der Waals surface area contributed by atoms with Crippen molar-refractivity contribution in [1.82, 2.24) is 0 Å². The summed E-state index contributed by atoms with van der Waals surface area (Å²) in [7, 11) is -3.58. The van der Waals surface area contributed by atoms with Crippen LogP contribution in [0.25, 0.3) is 0 Å². The Balaban J connectivity index is 2.67. The van der Waals surface area contributed by atoms with E-state index in [4.69, 9.17) is 0 Å². The lowest BCUT2D eigenvalue weighted by Gasteiger charge is -2.08. The number of rotatable bonds is 6. The van der Waals surface area contributed by atoms with Crippen LogP contribution in [0.2, 0.25) is 0 Å². The number of benzene rings is 1. The second-order valence-corrected chi connectivity index (χ2v) is 6.03. The van der Waals surface area contributed by atoms with E-state index in [1.54, 1.807) is 0 Å². The molecule has 0 fully saturated rings. The van der Waals surface area contributed by atoms with Gasteiger partial charge in [0.15, 0.2) is 9.84 Å². The average molecular weight is 260 g/mol. The quantitative estimate of drug-likeness (QED) is 0.852. The summed E-state index contributed by atoms with van der Waals surface area (Å²) in [6.45, 7) is 1.83. The van der Waals surface area contributed by atoms with E-state index in [9.17, 15) is 17.9 Å². The van der Waals surface area contributed by atoms with Crippen LogP contribution in [0.15, 0.2) is 29.2 Å². The highest BCUT2D eigenvalue weighted by atomic mass is 32.2. The highest BCUT2D eigenvalue weighted by Crippen LogP contribution is 2.17. The van der Waals surface area contributed by atoms with Gasteiger partial charge in [-0.1, -0.05) is 19.1 Å². The summed E-state index contributed by atoms with van der Waals surface area (Å²) in [6, 6.07) is 5.35. The maximum Gasteiger partial charge on any atom is 0.181 e. The van der Waals surface area contributed by atoms with Crippen molar-refractivity contribution >= 4 is 9.84 Å². The summed E-state index contributed by atoms with van der Waals surface area (Å²) < 4.78 is 36.9. The molecule has 1 unspecified atom stereocenters. The molecule has 1 N–H and O–H groups in total. The van der Waals surface area contributed by atoms with Gasteiger partial charge in [-0.3, -0.25) is 0 Å². The highest BCUT2D eigenvalue weighted by Gasteiger charge is 2.18. The van der Waals surface area contributed by atoms with Gasteiger partial charge < -0.3 is 5.11 Å². The van der Waals surface area contributed by atoms with E-state index < -0.39 is 21.8 Å². The summed E-state index contributed by atoms with van der Waals surface area (Å²) in [5.41, 5.74) is 0. The van der Waals surface area contributed by atoms with Crippen LogP contribution >= 0.6 is 0 Å². The molecule has 0 amide bonds. The first-order valence-electron chi connectivity index (χ1n) is 5.62. The summed E-state index contributed by atoms with van der Waals surface area (Å²) in [4.78, 5) is -0.258. The van der Waals surface area contributed by atoms with Crippen molar-refractivity contribution in [2.24, 2.45) is 0 Å². The van der Waals surface area contributed by atoms with Gasteiger partial charge in [-0.05, 0) is 31.4 Å². The van der Waals surface area contributed by atoms with Gasteiger partial charge in [-0.2, -0.15) is 0 Å². The van der Waals surface area contributed by atoms with Crippen LogP contribution < -0.4 is 0 Å². The van der Waals surface area contributed by atoms with Crippen molar-refractivity contribution in [2.45, 2.75) is 37.2 Å². The molecule has 5 heteroatoms. The van der Waals surface area contributed by atoms with E-state index in [-0.39, 0.29) is 10.6 Å². The van der Waals surface area contributed by atoms with E-state index in [1.807, 2.05) is 6.92 Å². The Morgan fingerprint density at radius 2 is 2.00 bits per heavy atom. The molecule has 0 saturated heterocycles. The molecule has 0 spiro atoms. The van der Waals surface area contributed by atoms with Gasteiger partial charge in [-0.25, -0.2) is 12.8 Å². The third-order valence-corrected chi connectivity index (χ3v) is 4.42. The average Bonchev–Trinajstić information content (AvgIpc) is 2.28. The predicted octanol–water partition coefficient (Wildman–Crippen LogP) is 2.15. The largest absolute Gasteiger partial charge is 0.393 e. The zero-order valence-electron chi connectivity index (χ0n) is 9.77. The first-order valence-corrected chi connectivity index (χ1v) is 7.28. The van der Waals surface area contributed by atoms with Gasteiger partial charge in [0.25, 0.3) is 0 Å². The Morgan fingerprint density at radius 3 is 2.59 bits per heavy atom. The lowest BCUT2D eigenvalue weighted by atomic mass is 10.2. The first-order chi connectivity index (χ1) is 7.97. The molecule has 1 aromatic carbocycles. The monoisotopic (exact) mass is 260 g/mol. The maximum atomic E-state index is 13.3. The van der Waals surface area contributed by atoms with Crippen LogP contribution in [0.3, 0.4) is 0 Å². The smallest absolute Gasteiger partial charge is 0.181 e. The summed E-state index contributed by atoms with van der Waals surface area (Å²) in [5, 5.41) is 9.31. The highest BCUT2D eigenvalue weighted by molar-refractivity contribution is 7.91. The third-order valence-electron chi connectivity index (χ3n) is 2.59. The summed E-state index contributed by atoms with van der Waals surface area (Å²) in [6.07, 6.45) is 0.876. The van der Waals surface area contributed by atoms with Crippen molar-refractivity contribution in [1.29, 1.82) is 0 Å². The van der Waals surface area contributed by atoms with Crippen molar-refractivity contribution < 1.29 is 17.9 Å². The van der Waals surface area contributed by atoms with Crippen LogP contribution in [0, 0.1) is 5.82 Å². The number of aliphatic hydroxyl groups excluding tert-OH is 1. The zero-order chi connectivity index (χ0) is 12.9. The number of sulfone groups is 1.